The number of amides is 1. The van der Waals surface area contributed by atoms with E-state index in [1.165, 1.54) is 12.1 Å². The first kappa shape index (κ1) is 10.8. The van der Waals surface area contributed by atoms with Crippen molar-refractivity contribution in [3.63, 3.8) is 0 Å². The molecule has 6 heteroatoms. The number of aliphatic hydroxyl groups is 1. The van der Waals surface area contributed by atoms with E-state index in [0.29, 0.717) is 11.1 Å². The fraction of sp³-hybridized carbons (Fsp3) is 0.300. The zero-order valence-corrected chi connectivity index (χ0v) is 8.17. The van der Waals surface area contributed by atoms with Gasteiger partial charge in [-0.2, -0.15) is 8.78 Å². The lowest BCUT2D eigenvalue weighted by molar-refractivity contribution is -0.0505. The van der Waals surface area contributed by atoms with E-state index in [0.717, 1.165) is 0 Å². The number of fused-ring (bicyclic) bond motifs is 1. The summed E-state index contributed by atoms with van der Waals surface area (Å²) in [6.07, 6.45) is 0. The Hall–Kier alpha value is -1.69. The summed E-state index contributed by atoms with van der Waals surface area (Å²) in [6, 6.07) is 2.78. The molecule has 0 saturated carbocycles. The average Bonchev–Trinajstić information content (AvgIpc) is 2.60. The second kappa shape index (κ2) is 4.05. The fourth-order valence-corrected chi connectivity index (χ4v) is 1.64. The minimum absolute atomic E-state index is 0.0603. The van der Waals surface area contributed by atoms with Gasteiger partial charge < -0.3 is 15.2 Å². The van der Waals surface area contributed by atoms with Crippen LogP contribution in [0.2, 0.25) is 0 Å². The maximum atomic E-state index is 12.1. The Labute approximate surface area is 89.8 Å². The monoisotopic (exact) mass is 229 g/mol. The normalized spacial score (nSPS) is 13.9. The number of carbonyl (C=O) groups is 1. The molecule has 2 rings (SSSR count). The van der Waals surface area contributed by atoms with Crippen LogP contribution in [0.4, 0.5) is 8.78 Å². The summed E-state index contributed by atoms with van der Waals surface area (Å²) >= 11 is 0. The molecule has 0 bridgehead atoms. The van der Waals surface area contributed by atoms with E-state index in [-0.39, 0.29) is 30.4 Å². The number of nitrogens with one attached hydrogen (secondary N) is 1. The highest BCUT2D eigenvalue weighted by atomic mass is 19.3. The summed E-state index contributed by atoms with van der Waals surface area (Å²) in [7, 11) is 0. The highest BCUT2D eigenvalue weighted by Crippen LogP contribution is 2.29. The van der Waals surface area contributed by atoms with Crippen molar-refractivity contribution in [1.82, 2.24) is 5.32 Å². The maximum absolute atomic E-state index is 12.1. The third-order valence-corrected chi connectivity index (χ3v) is 2.34. The number of hydrogen-bond donors (Lipinski definition) is 2. The molecule has 0 fully saturated rings. The lowest BCUT2D eigenvalue weighted by Crippen LogP contribution is -2.12. The van der Waals surface area contributed by atoms with Crippen molar-refractivity contribution in [1.29, 1.82) is 0 Å². The molecule has 1 aromatic rings. The van der Waals surface area contributed by atoms with Crippen LogP contribution in [0.3, 0.4) is 0 Å². The molecule has 1 aliphatic heterocycles. The first-order chi connectivity index (χ1) is 7.61. The molecule has 0 saturated heterocycles. The number of carbonyl (C=O) groups excluding carboxylic acids is 1. The van der Waals surface area contributed by atoms with Crippen molar-refractivity contribution < 1.29 is 23.4 Å². The SMILES string of the molecule is O=C1NCc2c(OC(F)F)cc(CO)cc21. The Morgan fingerprint density at radius 2 is 2.25 bits per heavy atom. The second-order valence-electron chi connectivity index (χ2n) is 3.34. The lowest BCUT2D eigenvalue weighted by Gasteiger charge is -2.10. The summed E-state index contributed by atoms with van der Waals surface area (Å²) in [6.45, 7) is -3.11. The molecule has 0 radical (unpaired) electrons. The lowest BCUT2D eigenvalue weighted by atomic mass is 10.1. The number of halogens is 2. The molecular weight excluding hydrogens is 220 g/mol. The summed E-state index contributed by atoms with van der Waals surface area (Å²) in [5.74, 6) is -0.403. The molecule has 0 unspecified atom stereocenters. The number of aliphatic hydroxyl groups excluding tert-OH is 1. The smallest absolute Gasteiger partial charge is 0.387 e. The van der Waals surface area contributed by atoms with Crippen LogP contribution in [0.1, 0.15) is 21.5 Å². The molecule has 2 N–H and O–H groups in total. The zero-order valence-electron chi connectivity index (χ0n) is 8.17. The predicted molar refractivity (Wildman–Crippen MR) is 50.2 cm³/mol. The molecule has 1 aliphatic rings. The van der Waals surface area contributed by atoms with Gasteiger partial charge in [0.2, 0.25) is 0 Å². The van der Waals surface area contributed by atoms with E-state index >= 15 is 0 Å². The molecule has 0 atom stereocenters. The minimum atomic E-state index is -2.95. The van der Waals surface area contributed by atoms with Gasteiger partial charge >= 0.3 is 6.61 Å². The summed E-state index contributed by atoms with van der Waals surface area (Å²) < 4.78 is 28.6. The van der Waals surface area contributed by atoms with Crippen molar-refractivity contribution in [2.45, 2.75) is 19.8 Å². The van der Waals surface area contributed by atoms with Crippen molar-refractivity contribution in [3.05, 3.63) is 28.8 Å². The number of alkyl halides is 2. The van der Waals surface area contributed by atoms with Gasteiger partial charge in [-0.25, -0.2) is 0 Å². The summed E-state index contributed by atoms with van der Waals surface area (Å²) in [5, 5.41) is 11.4. The topological polar surface area (TPSA) is 58.6 Å². The summed E-state index contributed by atoms with van der Waals surface area (Å²) in [4.78, 5) is 11.3. The van der Waals surface area contributed by atoms with Gasteiger partial charge in [-0.05, 0) is 17.7 Å². The van der Waals surface area contributed by atoms with Crippen LogP contribution < -0.4 is 10.1 Å². The Balaban J connectivity index is 2.47. The van der Waals surface area contributed by atoms with E-state index < -0.39 is 6.61 Å². The molecule has 0 spiro atoms. The van der Waals surface area contributed by atoms with E-state index in [4.69, 9.17) is 5.11 Å². The molecule has 0 aliphatic carbocycles. The van der Waals surface area contributed by atoms with Gasteiger partial charge in [0.1, 0.15) is 5.75 Å². The molecule has 1 aromatic carbocycles. The Morgan fingerprint density at radius 3 is 2.88 bits per heavy atom. The first-order valence-corrected chi connectivity index (χ1v) is 4.61. The average molecular weight is 229 g/mol. The van der Waals surface area contributed by atoms with Gasteiger partial charge in [0.25, 0.3) is 5.91 Å². The molecule has 1 amide bonds. The third-order valence-electron chi connectivity index (χ3n) is 2.34. The van der Waals surface area contributed by atoms with Gasteiger partial charge in [-0.15, -0.1) is 0 Å². The van der Waals surface area contributed by atoms with E-state index in [9.17, 15) is 13.6 Å². The first-order valence-electron chi connectivity index (χ1n) is 4.61. The minimum Gasteiger partial charge on any atom is -0.434 e. The molecule has 0 aromatic heterocycles. The largest absolute Gasteiger partial charge is 0.434 e. The molecule has 1 heterocycles. The quantitative estimate of drug-likeness (QED) is 0.813. The number of ether oxygens (including phenoxy) is 1. The molecule has 4 nitrogen and oxygen atoms in total. The highest BCUT2D eigenvalue weighted by Gasteiger charge is 2.24. The number of benzene rings is 1. The van der Waals surface area contributed by atoms with Crippen LogP contribution >= 0.6 is 0 Å². The summed E-state index contributed by atoms with van der Waals surface area (Å²) in [5.41, 5.74) is 1.05. The highest BCUT2D eigenvalue weighted by molar-refractivity contribution is 5.99. The standard InChI is InChI=1S/C10H9F2NO3/c11-10(12)16-8-2-5(4-14)1-6-7(8)3-13-9(6)15/h1-2,10,14H,3-4H2,(H,13,15). The van der Waals surface area contributed by atoms with E-state index in [1.54, 1.807) is 0 Å². The number of hydrogen-bond acceptors (Lipinski definition) is 3. The Bertz CT molecular complexity index is 434. The second-order valence-corrected chi connectivity index (χ2v) is 3.34. The zero-order chi connectivity index (χ0) is 11.7. The maximum Gasteiger partial charge on any atom is 0.387 e. The van der Waals surface area contributed by atoms with Crippen molar-refractivity contribution >= 4 is 5.91 Å². The van der Waals surface area contributed by atoms with Gasteiger partial charge in [-0.3, -0.25) is 4.79 Å². The van der Waals surface area contributed by atoms with Crippen LogP contribution in [0.25, 0.3) is 0 Å². The van der Waals surface area contributed by atoms with Crippen LogP contribution in [-0.2, 0) is 13.2 Å². The van der Waals surface area contributed by atoms with Gasteiger partial charge in [-0.1, -0.05) is 0 Å². The van der Waals surface area contributed by atoms with Gasteiger partial charge in [0, 0.05) is 17.7 Å². The van der Waals surface area contributed by atoms with Crippen molar-refractivity contribution in [2.24, 2.45) is 0 Å². The van der Waals surface area contributed by atoms with Crippen LogP contribution in [0.15, 0.2) is 12.1 Å². The van der Waals surface area contributed by atoms with E-state index in [1.807, 2.05) is 0 Å². The molecule has 16 heavy (non-hydrogen) atoms. The van der Waals surface area contributed by atoms with E-state index in [2.05, 4.69) is 10.1 Å². The third kappa shape index (κ3) is 1.83. The van der Waals surface area contributed by atoms with Crippen molar-refractivity contribution in [3.8, 4) is 5.75 Å². The molecular formula is C10H9F2NO3. The predicted octanol–water partition coefficient (Wildman–Crippen LogP) is 1.02. The Kier molecular flexibility index (Phi) is 2.74. The molecule has 86 valence electrons. The van der Waals surface area contributed by atoms with Gasteiger partial charge in [0.15, 0.2) is 0 Å². The van der Waals surface area contributed by atoms with Crippen LogP contribution in [0.5, 0.6) is 5.75 Å². The van der Waals surface area contributed by atoms with Gasteiger partial charge in [0.05, 0.1) is 6.61 Å². The van der Waals surface area contributed by atoms with Crippen LogP contribution in [-0.4, -0.2) is 17.6 Å². The fourth-order valence-electron chi connectivity index (χ4n) is 1.64. The van der Waals surface area contributed by atoms with Crippen LogP contribution in [0, 0.1) is 0 Å². The van der Waals surface area contributed by atoms with Crippen molar-refractivity contribution in [2.75, 3.05) is 0 Å². The number of rotatable bonds is 3. The Morgan fingerprint density at radius 1 is 1.50 bits per heavy atom.